The van der Waals surface area contributed by atoms with Crippen LogP contribution >= 0.6 is 34.6 Å². The Morgan fingerprint density at radius 2 is 2.33 bits per heavy atom. The summed E-state index contributed by atoms with van der Waals surface area (Å²) in [6.45, 7) is 2.35. The van der Waals surface area contributed by atoms with Gasteiger partial charge in [0.05, 0.1) is 5.88 Å². The van der Waals surface area contributed by atoms with Crippen molar-refractivity contribution in [2.45, 2.75) is 30.6 Å². The van der Waals surface area contributed by atoms with Crippen LogP contribution in [0.25, 0.3) is 0 Å². The Balaban J connectivity index is 2.13. The van der Waals surface area contributed by atoms with Crippen LogP contribution in [-0.4, -0.2) is 19.8 Å². The van der Waals surface area contributed by atoms with Gasteiger partial charge in [-0.05, 0) is 19.8 Å². The fourth-order valence-electron chi connectivity index (χ4n) is 1.36. The van der Waals surface area contributed by atoms with Crippen molar-refractivity contribution in [3.05, 3.63) is 0 Å². The highest BCUT2D eigenvalue weighted by Crippen LogP contribution is 2.57. The quantitative estimate of drug-likeness (QED) is 0.482. The van der Waals surface area contributed by atoms with Gasteiger partial charge >= 0.3 is 0 Å². The standard InChI is InChI=1S/C6H10INS/c1-5-6(2-3-6)9-4-8(5)7/h5H,2-4H2,1H3/t5-/m1/s1. The van der Waals surface area contributed by atoms with Crippen molar-refractivity contribution in [2.75, 3.05) is 5.88 Å². The average Bonchev–Trinajstić information content (AvgIpc) is 2.57. The Bertz CT molecular complexity index is 135. The maximum atomic E-state index is 2.44. The number of hydrogen-bond donors (Lipinski definition) is 0. The first-order valence-corrected chi connectivity index (χ1v) is 5.26. The van der Waals surface area contributed by atoms with Crippen LogP contribution in [0.3, 0.4) is 0 Å². The first-order valence-electron chi connectivity index (χ1n) is 3.31. The van der Waals surface area contributed by atoms with Crippen LogP contribution in [0.5, 0.6) is 0 Å². The van der Waals surface area contributed by atoms with E-state index in [-0.39, 0.29) is 0 Å². The Labute approximate surface area is 74.1 Å². The molecular weight excluding hydrogens is 245 g/mol. The fourth-order valence-corrected chi connectivity index (χ4v) is 3.87. The van der Waals surface area contributed by atoms with E-state index in [0.29, 0.717) is 4.75 Å². The van der Waals surface area contributed by atoms with Crippen LogP contribution < -0.4 is 0 Å². The predicted molar refractivity (Wildman–Crippen MR) is 49.7 cm³/mol. The van der Waals surface area contributed by atoms with Crippen LogP contribution in [0, 0.1) is 0 Å². The molecule has 1 saturated heterocycles. The maximum absolute atomic E-state index is 2.44. The lowest BCUT2D eigenvalue weighted by molar-refractivity contribution is 0.464. The summed E-state index contributed by atoms with van der Waals surface area (Å²) in [5.74, 6) is 1.24. The van der Waals surface area contributed by atoms with E-state index in [4.69, 9.17) is 0 Å². The minimum atomic E-state index is 0.710. The van der Waals surface area contributed by atoms with E-state index < -0.39 is 0 Å². The largest absolute Gasteiger partial charge is 0.233 e. The van der Waals surface area contributed by atoms with Crippen LogP contribution in [0.4, 0.5) is 0 Å². The molecule has 0 unspecified atom stereocenters. The van der Waals surface area contributed by atoms with Crippen LogP contribution in [0.2, 0.25) is 0 Å². The summed E-state index contributed by atoms with van der Waals surface area (Å²) >= 11 is 4.58. The zero-order valence-corrected chi connectivity index (χ0v) is 8.41. The Hall–Kier alpha value is 1.04. The van der Waals surface area contributed by atoms with Crippen molar-refractivity contribution < 1.29 is 0 Å². The fraction of sp³-hybridized carbons (Fsp3) is 1.00. The molecule has 0 amide bonds. The van der Waals surface area contributed by atoms with Gasteiger partial charge in [-0.25, -0.2) is 3.11 Å². The minimum Gasteiger partial charge on any atom is -0.233 e. The summed E-state index contributed by atoms with van der Waals surface area (Å²) < 4.78 is 3.14. The summed E-state index contributed by atoms with van der Waals surface area (Å²) in [6.07, 6.45) is 2.91. The van der Waals surface area contributed by atoms with Crippen molar-refractivity contribution in [2.24, 2.45) is 0 Å². The molecule has 3 heteroatoms. The monoisotopic (exact) mass is 255 g/mol. The Morgan fingerprint density at radius 3 is 2.56 bits per heavy atom. The van der Waals surface area contributed by atoms with Gasteiger partial charge in [-0.1, -0.05) is 0 Å². The Morgan fingerprint density at radius 1 is 1.67 bits per heavy atom. The summed E-state index contributed by atoms with van der Waals surface area (Å²) in [4.78, 5) is 0. The van der Waals surface area contributed by atoms with Crippen LogP contribution in [0.1, 0.15) is 19.8 Å². The lowest BCUT2D eigenvalue weighted by Gasteiger charge is -2.15. The molecule has 1 atom stereocenters. The minimum absolute atomic E-state index is 0.710. The topological polar surface area (TPSA) is 3.24 Å². The molecule has 2 fully saturated rings. The third kappa shape index (κ3) is 0.922. The zero-order valence-electron chi connectivity index (χ0n) is 5.43. The number of nitrogens with zero attached hydrogens (tertiary/aromatic N) is 1. The molecule has 0 radical (unpaired) electrons. The van der Waals surface area contributed by atoms with Crippen molar-refractivity contribution in [3.8, 4) is 0 Å². The number of thioether (sulfide) groups is 1. The second-order valence-electron chi connectivity index (χ2n) is 2.91. The molecule has 1 heterocycles. The first-order chi connectivity index (χ1) is 4.25. The highest BCUT2D eigenvalue weighted by atomic mass is 127. The number of halogens is 1. The van der Waals surface area contributed by atoms with Gasteiger partial charge in [0.1, 0.15) is 0 Å². The summed E-state index contributed by atoms with van der Waals surface area (Å²) in [7, 11) is 0. The molecule has 2 rings (SSSR count). The molecule has 1 nitrogen and oxygen atoms in total. The predicted octanol–water partition coefficient (Wildman–Crippen LogP) is 2.26. The lowest BCUT2D eigenvalue weighted by atomic mass is 10.2. The Kier molecular flexibility index (Phi) is 1.51. The summed E-state index contributed by atoms with van der Waals surface area (Å²) in [6, 6.07) is 0.822. The van der Waals surface area contributed by atoms with Crippen molar-refractivity contribution in [1.29, 1.82) is 0 Å². The van der Waals surface area contributed by atoms with E-state index in [1.54, 1.807) is 0 Å². The molecular formula is C6H10INS. The van der Waals surface area contributed by atoms with Gasteiger partial charge in [-0.2, -0.15) is 0 Å². The van der Waals surface area contributed by atoms with E-state index in [9.17, 15) is 0 Å². The van der Waals surface area contributed by atoms with Crippen molar-refractivity contribution in [3.63, 3.8) is 0 Å². The van der Waals surface area contributed by atoms with E-state index in [1.807, 2.05) is 0 Å². The molecule has 1 saturated carbocycles. The first kappa shape index (κ1) is 6.73. The molecule has 9 heavy (non-hydrogen) atoms. The van der Waals surface area contributed by atoms with E-state index in [0.717, 1.165) is 6.04 Å². The van der Waals surface area contributed by atoms with Crippen LogP contribution in [0.15, 0.2) is 0 Å². The van der Waals surface area contributed by atoms with Crippen LogP contribution in [-0.2, 0) is 0 Å². The molecule has 2 aliphatic rings. The molecule has 1 aliphatic heterocycles. The molecule has 1 aliphatic carbocycles. The molecule has 0 aromatic carbocycles. The van der Waals surface area contributed by atoms with Gasteiger partial charge < -0.3 is 0 Å². The van der Waals surface area contributed by atoms with Gasteiger partial charge in [-0.15, -0.1) is 11.8 Å². The normalized spacial score (nSPS) is 40.0. The van der Waals surface area contributed by atoms with Gasteiger partial charge in [0, 0.05) is 33.7 Å². The lowest BCUT2D eigenvalue weighted by Crippen LogP contribution is -2.25. The SMILES string of the molecule is C[C@H]1N(I)CSC12CC2. The molecule has 0 bridgehead atoms. The van der Waals surface area contributed by atoms with Crippen molar-refractivity contribution in [1.82, 2.24) is 3.11 Å². The molecule has 0 N–H and O–H groups in total. The zero-order chi connectivity index (χ0) is 6.48. The van der Waals surface area contributed by atoms with E-state index >= 15 is 0 Å². The third-order valence-corrected chi connectivity index (χ3v) is 5.77. The van der Waals surface area contributed by atoms with Gasteiger partial charge in [0.15, 0.2) is 0 Å². The smallest absolute Gasteiger partial charge is 0.0547 e. The van der Waals surface area contributed by atoms with Gasteiger partial charge in [0.25, 0.3) is 0 Å². The highest BCUT2D eigenvalue weighted by Gasteiger charge is 2.53. The van der Waals surface area contributed by atoms with E-state index in [1.165, 1.54) is 18.7 Å². The number of rotatable bonds is 0. The summed E-state index contributed by atoms with van der Waals surface area (Å²) in [5, 5.41) is 0. The second kappa shape index (κ2) is 2.01. The van der Waals surface area contributed by atoms with E-state index in [2.05, 4.69) is 44.7 Å². The average molecular weight is 255 g/mol. The second-order valence-corrected chi connectivity index (χ2v) is 5.51. The molecule has 1 spiro atoms. The molecule has 0 aromatic heterocycles. The highest BCUT2D eigenvalue weighted by molar-refractivity contribution is 14.1. The van der Waals surface area contributed by atoms with Gasteiger partial charge in [-0.3, -0.25) is 0 Å². The summed E-state index contributed by atoms with van der Waals surface area (Å²) in [5.41, 5.74) is 0. The third-order valence-electron chi connectivity index (χ3n) is 2.40. The van der Waals surface area contributed by atoms with Crippen molar-refractivity contribution >= 4 is 34.6 Å². The van der Waals surface area contributed by atoms with Gasteiger partial charge in [0.2, 0.25) is 0 Å². The molecule has 0 aromatic rings. The maximum Gasteiger partial charge on any atom is 0.0547 e. The number of hydrogen-bond acceptors (Lipinski definition) is 2. The molecule has 52 valence electrons.